The first kappa shape index (κ1) is 15.3. The summed E-state index contributed by atoms with van der Waals surface area (Å²) in [5.74, 6) is -0.500. The fourth-order valence-electron chi connectivity index (χ4n) is 0.462. The number of hydrogen-bond acceptors (Lipinski definition) is 5. The number of rotatable bonds is 4. The predicted octanol–water partition coefficient (Wildman–Crippen LogP) is -2.68. The van der Waals surface area contributed by atoms with Crippen LogP contribution in [0.15, 0.2) is 0 Å². The van der Waals surface area contributed by atoms with E-state index in [4.69, 9.17) is 0 Å². The Kier molecular flexibility index (Phi) is 9.15. The van der Waals surface area contributed by atoms with E-state index in [1.807, 2.05) is 0 Å². The van der Waals surface area contributed by atoms with E-state index in [0.29, 0.717) is 12.2 Å². The van der Waals surface area contributed by atoms with Crippen LogP contribution in [0.5, 0.6) is 0 Å². The fourth-order valence-corrected chi connectivity index (χ4v) is 1.77. The van der Waals surface area contributed by atoms with Gasteiger partial charge in [-0.3, -0.25) is 4.79 Å². The van der Waals surface area contributed by atoms with Gasteiger partial charge in [0.2, 0.25) is 0 Å². The van der Waals surface area contributed by atoms with Crippen LogP contribution in [0.3, 0.4) is 0 Å². The molecule has 0 aliphatic rings. The molecule has 4 nitrogen and oxygen atoms in total. The smallest absolute Gasteiger partial charge is 1.00 e. The van der Waals surface area contributed by atoms with Crippen molar-refractivity contribution in [3.63, 3.8) is 0 Å². The average Bonchev–Trinajstić information content (AvgIpc) is 1.81. The van der Waals surface area contributed by atoms with Gasteiger partial charge in [0, 0.05) is 6.92 Å². The molecule has 0 saturated carbocycles. The summed E-state index contributed by atoms with van der Waals surface area (Å²) >= 11 is 3.82. The van der Waals surface area contributed by atoms with Crippen molar-refractivity contribution in [2.75, 3.05) is 11.5 Å². The molecule has 0 aliphatic carbocycles. The first-order valence-electron chi connectivity index (χ1n) is 3.01. The van der Waals surface area contributed by atoms with Crippen molar-refractivity contribution in [3.8, 4) is 0 Å². The van der Waals surface area contributed by atoms with Crippen molar-refractivity contribution < 1.29 is 48.4 Å². The van der Waals surface area contributed by atoms with Gasteiger partial charge in [-0.1, -0.05) is 0 Å². The molecule has 0 aromatic carbocycles. The van der Waals surface area contributed by atoms with Crippen LogP contribution in [0.25, 0.3) is 0 Å². The second-order valence-corrected chi connectivity index (χ2v) is 4.05. The Bertz CT molecular complexity index is 229. The average molecular weight is 222 g/mol. The normalized spacial score (nSPS) is 10.2. The van der Waals surface area contributed by atoms with Crippen molar-refractivity contribution in [1.29, 1.82) is 0 Å². The fraction of sp³-hybridized carbons (Fsp3) is 0.800. The van der Waals surface area contributed by atoms with Crippen LogP contribution in [0.4, 0.5) is 0 Å². The maximum Gasteiger partial charge on any atom is 1.00 e. The van der Waals surface area contributed by atoms with Gasteiger partial charge in [0.1, 0.15) is 0 Å². The summed E-state index contributed by atoms with van der Waals surface area (Å²) in [6.07, 6.45) is 0.388. The largest absolute Gasteiger partial charge is 1.00 e. The van der Waals surface area contributed by atoms with E-state index in [-0.39, 0.29) is 36.7 Å². The molecule has 0 heterocycles. The second kappa shape index (κ2) is 7.20. The Morgan fingerprint density at radius 3 is 2.42 bits per heavy atom. The molecule has 0 amide bonds. The summed E-state index contributed by atoms with van der Waals surface area (Å²) in [5, 5.41) is 0. The monoisotopic (exact) mass is 222 g/mol. The molecule has 0 aliphatic heterocycles. The molecule has 7 heteroatoms. The second-order valence-electron chi connectivity index (χ2n) is 1.91. The van der Waals surface area contributed by atoms with E-state index < -0.39 is 16.1 Å². The Hall–Kier alpha value is 0.770. The predicted molar refractivity (Wildman–Crippen MR) is 45.1 cm³/mol. The van der Waals surface area contributed by atoms with Crippen LogP contribution in [0.1, 0.15) is 14.8 Å². The zero-order chi connectivity index (χ0) is 8.91. The molecule has 0 atom stereocenters. The zero-order valence-corrected chi connectivity index (χ0v) is 10.8. The standard InChI is InChI=1S/C5H10O4S2.Na.H/c1-5(6)9-11(7,8)4-2-3-10;;/h10H,2-4H2,1H3;;/q;+1;-1. The van der Waals surface area contributed by atoms with Gasteiger partial charge >= 0.3 is 45.6 Å². The van der Waals surface area contributed by atoms with E-state index in [9.17, 15) is 13.2 Å². The third-order valence-electron chi connectivity index (χ3n) is 0.797. The van der Waals surface area contributed by atoms with Crippen LogP contribution in [-0.2, 0) is 19.1 Å². The minimum Gasteiger partial charge on any atom is -1.00 e. The van der Waals surface area contributed by atoms with Gasteiger partial charge < -0.3 is 5.61 Å². The minimum atomic E-state index is -3.64. The van der Waals surface area contributed by atoms with Crippen LogP contribution in [0, 0.1) is 0 Å². The molecule has 12 heavy (non-hydrogen) atoms. The molecule has 0 unspecified atom stereocenters. The number of hydrogen-bond donors (Lipinski definition) is 1. The molecule has 0 rings (SSSR count). The SMILES string of the molecule is CC(=O)OS(=O)(=O)CCCS.[H-].[Na+]. The summed E-state index contributed by atoms with van der Waals surface area (Å²) in [4.78, 5) is 10.2. The van der Waals surface area contributed by atoms with Gasteiger partial charge in [-0.2, -0.15) is 21.0 Å². The van der Waals surface area contributed by atoms with Gasteiger partial charge in [-0.05, 0) is 12.2 Å². The third-order valence-corrected chi connectivity index (χ3v) is 2.39. The number of carbonyl (C=O) groups excluding carboxylic acids is 1. The Labute approximate surface area is 101 Å². The topological polar surface area (TPSA) is 60.4 Å². The maximum absolute atomic E-state index is 10.7. The molecular formula is C5H11NaO4S2. The molecule has 0 saturated heterocycles. The van der Waals surface area contributed by atoms with E-state index >= 15 is 0 Å². The van der Waals surface area contributed by atoms with Crippen molar-refractivity contribution in [2.24, 2.45) is 0 Å². The summed E-state index contributed by atoms with van der Waals surface area (Å²) in [5.41, 5.74) is 0. The van der Waals surface area contributed by atoms with Crippen molar-refractivity contribution in [2.45, 2.75) is 13.3 Å². The van der Waals surface area contributed by atoms with E-state index in [1.54, 1.807) is 0 Å². The van der Waals surface area contributed by atoms with E-state index in [2.05, 4.69) is 16.8 Å². The van der Waals surface area contributed by atoms with Crippen molar-refractivity contribution >= 4 is 28.7 Å². The van der Waals surface area contributed by atoms with Gasteiger partial charge in [-0.25, -0.2) is 0 Å². The van der Waals surface area contributed by atoms with Crippen LogP contribution < -0.4 is 29.6 Å². The van der Waals surface area contributed by atoms with E-state index in [0.717, 1.165) is 6.92 Å². The van der Waals surface area contributed by atoms with Crippen molar-refractivity contribution in [3.05, 3.63) is 0 Å². The molecule has 0 spiro atoms. The Morgan fingerprint density at radius 2 is 2.08 bits per heavy atom. The summed E-state index contributed by atoms with van der Waals surface area (Å²) in [6, 6.07) is 0. The van der Waals surface area contributed by atoms with Crippen molar-refractivity contribution in [1.82, 2.24) is 0 Å². The van der Waals surface area contributed by atoms with Crippen LogP contribution in [0.2, 0.25) is 0 Å². The molecule has 0 bridgehead atoms. The number of carbonyl (C=O) groups is 1. The summed E-state index contributed by atoms with van der Waals surface area (Å²) in [7, 11) is -3.64. The Morgan fingerprint density at radius 1 is 1.58 bits per heavy atom. The molecule has 0 fully saturated rings. The van der Waals surface area contributed by atoms with E-state index in [1.165, 1.54) is 0 Å². The summed E-state index contributed by atoms with van der Waals surface area (Å²) < 4.78 is 25.5. The molecule has 68 valence electrons. The van der Waals surface area contributed by atoms with Crippen LogP contribution in [-0.4, -0.2) is 25.9 Å². The zero-order valence-electron chi connectivity index (χ0n) is 8.11. The molecular weight excluding hydrogens is 211 g/mol. The first-order valence-corrected chi connectivity index (χ1v) is 5.22. The third kappa shape index (κ3) is 8.86. The summed E-state index contributed by atoms with van der Waals surface area (Å²) in [6.45, 7) is 1.05. The van der Waals surface area contributed by atoms with Gasteiger partial charge in [0.05, 0.1) is 5.75 Å². The van der Waals surface area contributed by atoms with Gasteiger partial charge in [-0.15, -0.1) is 0 Å². The first-order chi connectivity index (χ1) is 4.98. The van der Waals surface area contributed by atoms with Gasteiger partial charge in [0.15, 0.2) is 0 Å². The minimum absolute atomic E-state index is 0. The number of thiol groups is 1. The molecule has 0 aromatic rings. The van der Waals surface area contributed by atoms with Crippen LogP contribution >= 0.6 is 12.6 Å². The molecule has 0 radical (unpaired) electrons. The molecule has 0 aromatic heterocycles. The Balaban J connectivity index is -0.000000500. The maximum atomic E-state index is 10.7. The molecule has 0 N–H and O–H groups in total. The quantitative estimate of drug-likeness (QED) is 0.320. The van der Waals surface area contributed by atoms with Gasteiger partial charge in [0.25, 0.3) is 0 Å².